The van der Waals surface area contributed by atoms with Gasteiger partial charge in [-0.05, 0) is 25.0 Å². The quantitative estimate of drug-likeness (QED) is 0.906. The summed E-state index contributed by atoms with van der Waals surface area (Å²) in [6, 6.07) is 7.57. The van der Waals surface area contributed by atoms with Crippen LogP contribution in [0.25, 0.3) is 11.4 Å². The average Bonchev–Trinajstić information content (AvgIpc) is 3.01. The number of aryl methyl sites for hydroxylation is 1. The van der Waals surface area contributed by atoms with Gasteiger partial charge in [0.05, 0.1) is 12.1 Å². The summed E-state index contributed by atoms with van der Waals surface area (Å²) in [7, 11) is 3.65. The van der Waals surface area contributed by atoms with Crippen LogP contribution in [0.15, 0.2) is 36.7 Å². The summed E-state index contributed by atoms with van der Waals surface area (Å²) < 4.78 is 7.43. The van der Waals surface area contributed by atoms with E-state index in [-0.39, 0.29) is 18.2 Å². The van der Waals surface area contributed by atoms with E-state index in [9.17, 15) is 4.79 Å². The third kappa shape index (κ3) is 3.76. The topological polar surface area (TPSA) is 68.2 Å². The van der Waals surface area contributed by atoms with Crippen molar-refractivity contribution in [1.82, 2.24) is 14.9 Å². The predicted octanol–water partition coefficient (Wildman–Crippen LogP) is 3.17. The zero-order valence-corrected chi connectivity index (χ0v) is 14.2. The number of imidazole rings is 1. The van der Waals surface area contributed by atoms with Crippen LogP contribution >= 0.6 is 0 Å². The van der Waals surface area contributed by atoms with Crippen molar-refractivity contribution < 1.29 is 9.53 Å². The van der Waals surface area contributed by atoms with E-state index in [0.29, 0.717) is 0 Å². The van der Waals surface area contributed by atoms with E-state index in [4.69, 9.17) is 4.74 Å². The van der Waals surface area contributed by atoms with Crippen molar-refractivity contribution in [3.8, 4) is 11.4 Å². The fourth-order valence-electron chi connectivity index (χ4n) is 3.26. The summed E-state index contributed by atoms with van der Waals surface area (Å²) in [5, 5.41) is 5.95. The van der Waals surface area contributed by atoms with Crippen LogP contribution in [-0.2, 0) is 11.8 Å². The molecule has 0 radical (unpaired) electrons. The van der Waals surface area contributed by atoms with Gasteiger partial charge >= 0.3 is 6.03 Å². The Morgan fingerprint density at radius 1 is 1.33 bits per heavy atom. The van der Waals surface area contributed by atoms with Gasteiger partial charge in [-0.25, -0.2) is 9.78 Å². The summed E-state index contributed by atoms with van der Waals surface area (Å²) in [5.74, 6) is 0.866. The summed E-state index contributed by atoms with van der Waals surface area (Å²) >= 11 is 0. The second-order valence-corrected chi connectivity index (χ2v) is 6.21. The van der Waals surface area contributed by atoms with Crippen LogP contribution in [0.4, 0.5) is 10.5 Å². The van der Waals surface area contributed by atoms with E-state index in [0.717, 1.165) is 42.8 Å². The fraction of sp³-hybridized carbons (Fsp3) is 0.444. The number of hydrogen-bond donors (Lipinski definition) is 2. The Bertz CT molecular complexity index is 698. The Balaban J connectivity index is 1.65. The Morgan fingerprint density at radius 2 is 2.17 bits per heavy atom. The first-order chi connectivity index (χ1) is 11.7. The second-order valence-electron chi connectivity index (χ2n) is 6.21. The van der Waals surface area contributed by atoms with Gasteiger partial charge in [-0.1, -0.05) is 25.0 Å². The van der Waals surface area contributed by atoms with E-state index < -0.39 is 0 Å². The molecule has 1 saturated carbocycles. The molecule has 0 unspecified atom stereocenters. The number of anilines is 1. The molecule has 2 amide bonds. The largest absolute Gasteiger partial charge is 0.379 e. The number of nitrogens with zero attached hydrogens (tertiary/aromatic N) is 2. The molecule has 0 aliphatic heterocycles. The average molecular weight is 328 g/mol. The molecular weight excluding hydrogens is 304 g/mol. The summed E-state index contributed by atoms with van der Waals surface area (Å²) in [5.41, 5.74) is 1.71. The third-order valence-electron chi connectivity index (χ3n) is 4.52. The number of hydrogen-bond acceptors (Lipinski definition) is 3. The van der Waals surface area contributed by atoms with Gasteiger partial charge in [-0.15, -0.1) is 0 Å². The van der Waals surface area contributed by atoms with Crippen LogP contribution in [-0.4, -0.2) is 34.8 Å². The lowest BCUT2D eigenvalue weighted by Crippen LogP contribution is -2.47. The molecule has 0 spiro atoms. The summed E-state index contributed by atoms with van der Waals surface area (Å²) in [6.45, 7) is 0. The number of urea groups is 1. The number of benzene rings is 1. The number of carbonyl (C=O) groups is 1. The lowest BCUT2D eigenvalue weighted by atomic mass is 9.92. The highest BCUT2D eigenvalue weighted by molar-refractivity contribution is 5.90. The van der Waals surface area contributed by atoms with Gasteiger partial charge in [0, 0.05) is 37.8 Å². The Morgan fingerprint density at radius 3 is 2.92 bits per heavy atom. The molecule has 1 heterocycles. The van der Waals surface area contributed by atoms with E-state index >= 15 is 0 Å². The SMILES string of the molecule is CO[C@@H]1CCCC[C@@H]1NC(=O)Nc1cccc(-c2nccn2C)c1. The number of rotatable bonds is 4. The molecule has 1 aliphatic rings. The van der Waals surface area contributed by atoms with Crippen LogP contribution in [0.3, 0.4) is 0 Å². The number of methoxy groups -OCH3 is 1. The zero-order valence-electron chi connectivity index (χ0n) is 14.2. The molecule has 3 rings (SSSR count). The molecule has 6 nitrogen and oxygen atoms in total. The van der Waals surface area contributed by atoms with Crippen molar-refractivity contribution in [2.75, 3.05) is 12.4 Å². The third-order valence-corrected chi connectivity index (χ3v) is 4.52. The van der Waals surface area contributed by atoms with E-state index in [1.807, 2.05) is 42.1 Å². The first-order valence-electron chi connectivity index (χ1n) is 8.35. The Hall–Kier alpha value is -2.34. The van der Waals surface area contributed by atoms with E-state index in [1.54, 1.807) is 13.3 Å². The maximum atomic E-state index is 12.3. The molecule has 1 aromatic heterocycles. The molecule has 2 N–H and O–H groups in total. The predicted molar refractivity (Wildman–Crippen MR) is 93.9 cm³/mol. The molecular formula is C18H24N4O2. The highest BCUT2D eigenvalue weighted by Gasteiger charge is 2.26. The Kier molecular flexibility index (Phi) is 5.15. The van der Waals surface area contributed by atoms with Gasteiger partial charge in [-0.2, -0.15) is 0 Å². The van der Waals surface area contributed by atoms with Crippen LogP contribution in [0.2, 0.25) is 0 Å². The molecule has 128 valence electrons. The normalized spacial score (nSPS) is 20.6. The molecule has 2 aromatic rings. The molecule has 0 bridgehead atoms. The van der Waals surface area contributed by atoms with Crippen LogP contribution in [0, 0.1) is 0 Å². The summed E-state index contributed by atoms with van der Waals surface area (Å²) in [4.78, 5) is 16.6. The molecule has 24 heavy (non-hydrogen) atoms. The minimum atomic E-state index is -0.194. The van der Waals surface area contributed by atoms with Crippen molar-refractivity contribution in [2.45, 2.75) is 37.8 Å². The first-order valence-corrected chi connectivity index (χ1v) is 8.35. The smallest absolute Gasteiger partial charge is 0.319 e. The first kappa shape index (κ1) is 16.5. The van der Waals surface area contributed by atoms with Gasteiger partial charge in [-0.3, -0.25) is 0 Å². The monoisotopic (exact) mass is 328 g/mol. The van der Waals surface area contributed by atoms with Gasteiger partial charge in [0.15, 0.2) is 0 Å². The fourth-order valence-corrected chi connectivity index (χ4v) is 3.26. The number of nitrogens with one attached hydrogen (secondary N) is 2. The molecule has 1 aromatic carbocycles. The molecule has 1 fully saturated rings. The number of aromatic nitrogens is 2. The van der Waals surface area contributed by atoms with Crippen molar-refractivity contribution in [3.63, 3.8) is 0 Å². The van der Waals surface area contributed by atoms with Crippen molar-refractivity contribution >= 4 is 11.7 Å². The van der Waals surface area contributed by atoms with Crippen molar-refractivity contribution in [2.24, 2.45) is 7.05 Å². The standard InChI is InChI=1S/C18H24N4O2/c1-22-11-10-19-17(22)13-6-5-7-14(12-13)20-18(23)21-15-8-3-4-9-16(15)24-2/h5-7,10-12,15-16H,3-4,8-9H2,1-2H3,(H2,20,21,23)/t15-,16+/m0/s1. The molecule has 1 aliphatic carbocycles. The van der Waals surface area contributed by atoms with E-state index in [1.165, 1.54) is 0 Å². The summed E-state index contributed by atoms with van der Waals surface area (Å²) in [6.07, 6.45) is 7.99. The van der Waals surface area contributed by atoms with Gasteiger partial charge < -0.3 is 19.9 Å². The lowest BCUT2D eigenvalue weighted by Gasteiger charge is -2.31. The lowest BCUT2D eigenvalue weighted by molar-refractivity contribution is 0.0459. The minimum Gasteiger partial charge on any atom is -0.379 e. The molecule has 0 saturated heterocycles. The number of ether oxygens (including phenoxy) is 1. The maximum absolute atomic E-state index is 12.3. The number of amides is 2. The van der Waals surface area contributed by atoms with Crippen LogP contribution in [0.5, 0.6) is 0 Å². The van der Waals surface area contributed by atoms with Gasteiger partial charge in [0.25, 0.3) is 0 Å². The zero-order chi connectivity index (χ0) is 16.9. The highest BCUT2D eigenvalue weighted by Crippen LogP contribution is 2.22. The van der Waals surface area contributed by atoms with Crippen LogP contribution in [0.1, 0.15) is 25.7 Å². The van der Waals surface area contributed by atoms with E-state index in [2.05, 4.69) is 15.6 Å². The van der Waals surface area contributed by atoms with Gasteiger partial charge in [0.2, 0.25) is 0 Å². The molecule has 2 atom stereocenters. The van der Waals surface area contributed by atoms with Crippen molar-refractivity contribution in [3.05, 3.63) is 36.7 Å². The minimum absolute atomic E-state index is 0.0708. The second kappa shape index (κ2) is 7.49. The number of carbonyl (C=O) groups excluding carboxylic acids is 1. The highest BCUT2D eigenvalue weighted by atomic mass is 16.5. The van der Waals surface area contributed by atoms with Crippen LogP contribution < -0.4 is 10.6 Å². The molecule has 6 heteroatoms. The van der Waals surface area contributed by atoms with Gasteiger partial charge in [0.1, 0.15) is 5.82 Å². The van der Waals surface area contributed by atoms with Crippen molar-refractivity contribution in [1.29, 1.82) is 0 Å². The maximum Gasteiger partial charge on any atom is 0.319 e. The Labute approximate surface area is 142 Å².